The van der Waals surface area contributed by atoms with Crippen molar-refractivity contribution in [1.82, 2.24) is 0 Å². The summed E-state index contributed by atoms with van der Waals surface area (Å²) >= 11 is 3.63. The van der Waals surface area contributed by atoms with E-state index >= 15 is 0 Å². The van der Waals surface area contributed by atoms with E-state index in [2.05, 4.69) is 43.3 Å². The molecule has 0 aliphatic heterocycles. The van der Waals surface area contributed by atoms with E-state index in [0.717, 1.165) is 37.7 Å². The molecule has 0 bridgehead atoms. The Kier molecular flexibility index (Phi) is 5.97. The molecule has 0 aromatic heterocycles. The number of hydrogen-bond donors (Lipinski definition) is 2. The van der Waals surface area contributed by atoms with Crippen LogP contribution in [0.5, 0.6) is 0 Å². The molecule has 2 aliphatic rings. The predicted octanol–water partition coefficient (Wildman–Crippen LogP) is 4.91. The Labute approximate surface area is 149 Å². The van der Waals surface area contributed by atoms with Crippen LogP contribution in [-0.4, -0.2) is 26.7 Å². The van der Waals surface area contributed by atoms with Crippen molar-refractivity contribution < 1.29 is 10.2 Å². The molecule has 2 N–H and O–H groups in total. The molecular weight excluding hydrogens is 352 g/mol. The zero-order valence-corrected chi connectivity index (χ0v) is 16.5. The van der Waals surface area contributed by atoms with E-state index in [0.29, 0.717) is 5.92 Å². The van der Waals surface area contributed by atoms with Gasteiger partial charge in [-0.15, -0.1) is 0 Å². The monoisotopic (exact) mass is 382 g/mol. The summed E-state index contributed by atoms with van der Waals surface area (Å²) in [5.41, 5.74) is 4.43. The number of aliphatic hydroxyl groups excluding tert-OH is 1. The van der Waals surface area contributed by atoms with Crippen LogP contribution in [0.1, 0.15) is 59.8 Å². The van der Waals surface area contributed by atoms with Gasteiger partial charge < -0.3 is 10.2 Å². The molecule has 0 aromatic carbocycles. The molecule has 0 spiro atoms. The second kappa shape index (κ2) is 7.25. The van der Waals surface area contributed by atoms with Gasteiger partial charge in [-0.25, -0.2) is 0 Å². The topological polar surface area (TPSA) is 40.5 Å². The molecule has 2 nitrogen and oxygen atoms in total. The lowest BCUT2D eigenvalue weighted by atomic mass is 9.74. The summed E-state index contributed by atoms with van der Waals surface area (Å²) < 4.78 is 0. The molecule has 2 rings (SSSR count). The smallest absolute Gasteiger partial charge is 0.0825 e. The van der Waals surface area contributed by atoms with Gasteiger partial charge in [0.25, 0.3) is 0 Å². The zero-order chi connectivity index (χ0) is 17.4. The summed E-state index contributed by atoms with van der Waals surface area (Å²) in [5.74, 6) is 0.488. The quantitative estimate of drug-likeness (QED) is 0.537. The summed E-state index contributed by atoms with van der Waals surface area (Å²) in [4.78, 5) is 0.114. The molecule has 5 atom stereocenters. The number of aliphatic hydroxyl groups is 2. The molecule has 1 fully saturated rings. The van der Waals surface area contributed by atoms with Crippen molar-refractivity contribution in [3.05, 3.63) is 34.9 Å². The largest absolute Gasteiger partial charge is 0.389 e. The highest BCUT2D eigenvalue weighted by Crippen LogP contribution is 2.41. The maximum atomic E-state index is 10.8. The van der Waals surface area contributed by atoms with Crippen LogP contribution in [0.3, 0.4) is 0 Å². The summed E-state index contributed by atoms with van der Waals surface area (Å²) in [7, 11) is 0. The highest BCUT2D eigenvalue weighted by Gasteiger charge is 2.37. The third-order valence-corrected chi connectivity index (χ3v) is 7.35. The summed E-state index contributed by atoms with van der Waals surface area (Å²) in [6, 6.07) is 0. The van der Waals surface area contributed by atoms with Crippen molar-refractivity contribution in [3.63, 3.8) is 0 Å². The Balaban J connectivity index is 2.11. The van der Waals surface area contributed by atoms with Crippen LogP contribution in [0.25, 0.3) is 0 Å². The van der Waals surface area contributed by atoms with Gasteiger partial charge in [0.2, 0.25) is 0 Å². The molecule has 0 saturated heterocycles. The highest BCUT2D eigenvalue weighted by atomic mass is 79.9. The zero-order valence-electron chi connectivity index (χ0n) is 14.9. The Morgan fingerprint density at radius 2 is 2.04 bits per heavy atom. The standard InChI is InChI=1S/C20H31BrO2/c1-12-6-7-13(2)19(15(12)4)17(22)10-14(3)16-8-9-20(5,23)18(21)11-16/h10,16-19,22-23H,2,6-9,11H2,1,3-5H3. The van der Waals surface area contributed by atoms with E-state index in [1.54, 1.807) is 0 Å². The number of halogens is 1. The van der Waals surface area contributed by atoms with Gasteiger partial charge in [0.05, 0.1) is 11.7 Å². The van der Waals surface area contributed by atoms with Gasteiger partial charge in [0, 0.05) is 10.7 Å². The first-order chi connectivity index (χ1) is 10.6. The molecule has 0 heterocycles. The maximum absolute atomic E-state index is 10.8. The summed E-state index contributed by atoms with van der Waals surface area (Å²) in [6.07, 6.45) is 6.28. The SMILES string of the molecule is C=C1CCC(C)=C(C)C1C(O)C=C(C)C1CCC(C)(O)C(Br)C1. The first kappa shape index (κ1) is 19.0. The van der Waals surface area contributed by atoms with Crippen LogP contribution < -0.4 is 0 Å². The minimum Gasteiger partial charge on any atom is -0.389 e. The normalized spacial score (nSPS) is 38.0. The molecule has 2 aliphatic carbocycles. The van der Waals surface area contributed by atoms with Gasteiger partial charge in [0.1, 0.15) is 0 Å². The van der Waals surface area contributed by atoms with E-state index in [1.165, 1.54) is 16.7 Å². The van der Waals surface area contributed by atoms with Crippen LogP contribution in [-0.2, 0) is 0 Å². The number of alkyl halides is 1. The second-order valence-corrected chi connectivity index (χ2v) is 8.90. The maximum Gasteiger partial charge on any atom is 0.0825 e. The minimum absolute atomic E-state index is 0.0603. The Bertz CT molecular complexity index is 530. The lowest BCUT2D eigenvalue weighted by Gasteiger charge is -2.38. The molecule has 3 heteroatoms. The Hall–Kier alpha value is -0.380. The van der Waals surface area contributed by atoms with Crippen LogP contribution in [0.15, 0.2) is 34.9 Å². The van der Waals surface area contributed by atoms with E-state index in [9.17, 15) is 10.2 Å². The van der Waals surface area contributed by atoms with E-state index in [4.69, 9.17) is 0 Å². The fourth-order valence-electron chi connectivity index (χ4n) is 3.93. The second-order valence-electron chi connectivity index (χ2n) is 7.80. The first-order valence-electron chi connectivity index (χ1n) is 8.70. The van der Waals surface area contributed by atoms with Crippen LogP contribution >= 0.6 is 15.9 Å². The van der Waals surface area contributed by atoms with Crippen molar-refractivity contribution in [2.24, 2.45) is 11.8 Å². The van der Waals surface area contributed by atoms with E-state index in [1.807, 2.05) is 13.0 Å². The Morgan fingerprint density at radius 3 is 2.65 bits per heavy atom. The summed E-state index contributed by atoms with van der Waals surface area (Å²) in [5, 5.41) is 21.1. The molecule has 0 aromatic rings. The first-order valence-corrected chi connectivity index (χ1v) is 9.61. The highest BCUT2D eigenvalue weighted by molar-refractivity contribution is 9.09. The molecule has 23 heavy (non-hydrogen) atoms. The van der Waals surface area contributed by atoms with Crippen molar-refractivity contribution in [2.75, 3.05) is 0 Å². The predicted molar refractivity (Wildman–Crippen MR) is 101 cm³/mol. The third-order valence-electron chi connectivity index (χ3n) is 5.98. The number of hydrogen-bond acceptors (Lipinski definition) is 2. The fraction of sp³-hybridized carbons (Fsp3) is 0.700. The van der Waals surface area contributed by atoms with Crippen LogP contribution in [0.2, 0.25) is 0 Å². The van der Waals surface area contributed by atoms with Crippen molar-refractivity contribution in [1.29, 1.82) is 0 Å². The van der Waals surface area contributed by atoms with Gasteiger partial charge in [-0.3, -0.25) is 0 Å². The third kappa shape index (κ3) is 4.18. The molecular formula is C20H31BrO2. The lowest BCUT2D eigenvalue weighted by Crippen LogP contribution is -2.41. The Morgan fingerprint density at radius 1 is 1.39 bits per heavy atom. The number of rotatable bonds is 3. The summed E-state index contributed by atoms with van der Waals surface area (Å²) in [6.45, 7) is 12.5. The molecule has 130 valence electrons. The van der Waals surface area contributed by atoms with Gasteiger partial charge in [-0.1, -0.05) is 50.9 Å². The van der Waals surface area contributed by atoms with Gasteiger partial charge >= 0.3 is 0 Å². The van der Waals surface area contributed by atoms with Gasteiger partial charge in [-0.05, 0) is 65.7 Å². The van der Waals surface area contributed by atoms with Crippen LogP contribution in [0.4, 0.5) is 0 Å². The number of allylic oxidation sites excluding steroid dienone is 2. The van der Waals surface area contributed by atoms with Gasteiger partial charge in [0.15, 0.2) is 0 Å². The van der Waals surface area contributed by atoms with Crippen molar-refractivity contribution >= 4 is 15.9 Å². The van der Waals surface area contributed by atoms with Gasteiger partial charge in [-0.2, -0.15) is 0 Å². The minimum atomic E-state index is -0.622. The molecule has 1 saturated carbocycles. The fourth-order valence-corrected chi connectivity index (χ4v) is 4.61. The molecule has 0 radical (unpaired) electrons. The molecule has 5 unspecified atom stereocenters. The van der Waals surface area contributed by atoms with E-state index < -0.39 is 11.7 Å². The molecule has 0 amide bonds. The van der Waals surface area contributed by atoms with Crippen molar-refractivity contribution in [2.45, 2.75) is 76.3 Å². The van der Waals surface area contributed by atoms with Crippen LogP contribution in [0, 0.1) is 11.8 Å². The average Bonchev–Trinajstić information content (AvgIpc) is 2.46. The van der Waals surface area contributed by atoms with E-state index in [-0.39, 0.29) is 10.7 Å². The lowest BCUT2D eigenvalue weighted by molar-refractivity contribution is 0.0213. The van der Waals surface area contributed by atoms with Crippen molar-refractivity contribution in [3.8, 4) is 0 Å². The average molecular weight is 383 g/mol.